The smallest absolute Gasteiger partial charge is 0.248 e. The van der Waals surface area contributed by atoms with Gasteiger partial charge in [-0.2, -0.15) is 0 Å². The molecule has 0 unspecified atom stereocenters. The van der Waals surface area contributed by atoms with E-state index in [1.807, 2.05) is 25.1 Å². The number of carboxylic acid groups (broad SMARTS) is 1. The molecular formula is C12H12NO3-. The van der Waals surface area contributed by atoms with Gasteiger partial charge in [-0.1, -0.05) is 19.1 Å². The number of benzene rings is 1. The van der Waals surface area contributed by atoms with Gasteiger partial charge in [0.15, 0.2) is 0 Å². The van der Waals surface area contributed by atoms with Gasteiger partial charge in [0.25, 0.3) is 0 Å². The van der Waals surface area contributed by atoms with Crippen LogP contribution >= 0.6 is 0 Å². The molecule has 0 fully saturated rings. The fourth-order valence-corrected chi connectivity index (χ4v) is 1.20. The molecule has 0 bridgehead atoms. The Balaban J connectivity index is 2.65. The van der Waals surface area contributed by atoms with Gasteiger partial charge in [0.05, 0.1) is 5.97 Å². The minimum Gasteiger partial charge on any atom is -0.545 e. The summed E-state index contributed by atoms with van der Waals surface area (Å²) in [6.07, 6.45) is 2.49. The quantitative estimate of drug-likeness (QED) is 0.748. The summed E-state index contributed by atoms with van der Waals surface area (Å²) in [7, 11) is 0. The van der Waals surface area contributed by atoms with E-state index in [1.165, 1.54) is 0 Å². The Kier molecular flexibility index (Phi) is 4.27. The summed E-state index contributed by atoms with van der Waals surface area (Å²) in [5, 5.41) is 12.6. The van der Waals surface area contributed by atoms with E-state index in [2.05, 4.69) is 5.32 Å². The molecule has 0 radical (unpaired) electrons. The number of rotatable bonds is 4. The van der Waals surface area contributed by atoms with Gasteiger partial charge in [-0.25, -0.2) is 0 Å². The van der Waals surface area contributed by atoms with E-state index in [4.69, 9.17) is 0 Å². The lowest BCUT2D eigenvalue weighted by Gasteiger charge is -2.04. The van der Waals surface area contributed by atoms with E-state index in [-0.39, 0.29) is 0 Å². The zero-order valence-electron chi connectivity index (χ0n) is 8.90. The first-order chi connectivity index (χ1) is 7.61. The second-order valence-electron chi connectivity index (χ2n) is 3.20. The summed E-state index contributed by atoms with van der Waals surface area (Å²) in [6.45, 7) is 2.01. The maximum Gasteiger partial charge on any atom is 0.248 e. The van der Waals surface area contributed by atoms with Crippen LogP contribution in [0, 0.1) is 0 Å². The number of aliphatic carboxylic acids is 1. The van der Waals surface area contributed by atoms with E-state index in [9.17, 15) is 14.7 Å². The fraction of sp³-hybridized carbons (Fsp3) is 0.167. The third kappa shape index (κ3) is 3.96. The second kappa shape index (κ2) is 5.70. The van der Waals surface area contributed by atoms with Crippen LogP contribution in [-0.4, -0.2) is 11.9 Å². The van der Waals surface area contributed by atoms with Gasteiger partial charge in [0.2, 0.25) is 5.91 Å². The predicted molar refractivity (Wildman–Crippen MR) is 58.6 cm³/mol. The Morgan fingerprint density at radius 2 is 2.12 bits per heavy atom. The maximum atomic E-state index is 11.2. The Labute approximate surface area is 93.6 Å². The van der Waals surface area contributed by atoms with Crippen LogP contribution in [0.3, 0.4) is 0 Å². The van der Waals surface area contributed by atoms with Gasteiger partial charge in [-0.15, -0.1) is 0 Å². The SMILES string of the molecule is CCc1cccc(NC(=O)/C=C/C(=O)[O-])c1. The monoisotopic (exact) mass is 218 g/mol. The predicted octanol–water partition coefficient (Wildman–Crippen LogP) is 0.494. The van der Waals surface area contributed by atoms with Gasteiger partial charge in [-0.3, -0.25) is 4.79 Å². The largest absolute Gasteiger partial charge is 0.545 e. The summed E-state index contributed by atoms with van der Waals surface area (Å²) >= 11 is 0. The molecule has 84 valence electrons. The number of anilines is 1. The van der Waals surface area contributed by atoms with Crippen molar-refractivity contribution in [1.82, 2.24) is 0 Å². The van der Waals surface area contributed by atoms with E-state index < -0.39 is 11.9 Å². The molecule has 0 saturated heterocycles. The highest BCUT2D eigenvalue weighted by Crippen LogP contribution is 2.10. The summed E-state index contributed by atoms with van der Waals surface area (Å²) < 4.78 is 0. The van der Waals surface area contributed by atoms with Gasteiger partial charge in [0.1, 0.15) is 0 Å². The molecule has 0 aliphatic rings. The van der Waals surface area contributed by atoms with E-state index in [0.717, 1.165) is 18.1 Å². The average molecular weight is 218 g/mol. The second-order valence-corrected chi connectivity index (χ2v) is 3.20. The van der Waals surface area contributed by atoms with Crippen molar-refractivity contribution in [2.75, 3.05) is 5.32 Å². The number of hydrogen-bond donors (Lipinski definition) is 1. The van der Waals surface area contributed by atoms with E-state index in [0.29, 0.717) is 11.8 Å². The van der Waals surface area contributed by atoms with Crippen LogP contribution in [-0.2, 0) is 16.0 Å². The molecule has 0 saturated carbocycles. The van der Waals surface area contributed by atoms with Crippen LogP contribution in [0.15, 0.2) is 36.4 Å². The highest BCUT2D eigenvalue weighted by molar-refractivity contribution is 6.02. The molecule has 1 N–H and O–H groups in total. The Hall–Kier alpha value is -2.10. The van der Waals surface area contributed by atoms with Crippen molar-refractivity contribution >= 4 is 17.6 Å². The molecule has 0 aromatic heterocycles. The molecule has 1 aromatic carbocycles. The summed E-state index contributed by atoms with van der Waals surface area (Å²) in [5.74, 6) is -1.88. The molecule has 1 amide bonds. The van der Waals surface area contributed by atoms with Crippen LogP contribution in [0.1, 0.15) is 12.5 Å². The average Bonchev–Trinajstić information content (AvgIpc) is 2.26. The minimum atomic E-state index is -1.39. The number of carboxylic acids is 1. The third-order valence-electron chi connectivity index (χ3n) is 1.97. The van der Waals surface area contributed by atoms with Gasteiger partial charge >= 0.3 is 0 Å². The Bertz CT molecular complexity index is 424. The van der Waals surface area contributed by atoms with Crippen molar-refractivity contribution in [3.63, 3.8) is 0 Å². The number of carbonyl (C=O) groups is 2. The van der Waals surface area contributed by atoms with Crippen molar-refractivity contribution in [2.24, 2.45) is 0 Å². The highest BCUT2D eigenvalue weighted by Gasteiger charge is 1.98. The number of hydrogen-bond acceptors (Lipinski definition) is 3. The van der Waals surface area contributed by atoms with E-state index in [1.54, 1.807) is 6.07 Å². The summed E-state index contributed by atoms with van der Waals surface area (Å²) in [5.41, 5.74) is 1.74. The molecule has 16 heavy (non-hydrogen) atoms. The van der Waals surface area contributed by atoms with Crippen LogP contribution in [0.5, 0.6) is 0 Å². The molecule has 0 atom stereocenters. The van der Waals surface area contributed by atoms with Crippen LogP contribution in [0.4, 0.5) is 5.69 Å². The number of amides is 1. The Morgan fingerprint density at radius 1 is 1.38 bits per heavy atom. The van der Waals surface area contributed by atoms with Crippen molar-refractivity contribution in [3.8, 4) is 0 Å². The van der Waals surface area contributed by atoms with E-state index >= 15 is 0 Å². The summed E-state index contributed by atoms with van der Waals surface area (Å²) in [6, 6.07) is 7.36. The fourth-order valence-electron chi connectivity index (χ4n) is 1.20. The topological polar surface area (TPSA) is 69.2 Å². The molecule has 4 nitrogen and oxygen atoms in total. The number of aryl methyl sites for hydroxylation is 1. The first-order valence-corrected chi connectivity index (χ1v) is 4.91. The third-order valence-corrected chi connectivity index (χ3v) is 1.97. The molecule has 0 spiro atoms. The minimum absolute atomic E-state index is 0.488. The first kappa shape index (κ1) is 12.0. The van der Waals surface area contributed by atoms with Crippen molar-refractivity contribution < 1.29 is 14.7 Å². The molecule has 0 heterocycles. The number of nitrogens with one attached hydrogen (secondary N) is 1. The van der Waals surface area contributed by atoms with Crippen molar-refractivity contribution in [3.05, 3.63) is 42.0 Å². The highest BCUT2D eigenvalue weighted by atomic mass is 16.4. The van der Waals surface area contributed by atoms with Gasteiger partial charge in [-0.05, 0) is 30.2 Å². The normalized spacial score (nSPS) is 10.3. The lowest BCUT2D eigenvalue weighted by Crippen LogP contribution is -2.20. The molecule has 4 heteroatoms. The first-order valence-electron chi connectivity index (χ1n) is 4.91. The van der Waals surface area contributed by atoms with Crippen molar-refractivity contribution in [2.45, 2.75) is 13.3 Å². The molecule has 0 aliphatic carbocycles. The lowest BCUT2D eigenvalue weighted by atomic mass is 10.1. The molecule has 1 aromatic rings. The lowest BCUT2D eigenvalue weighted by molar-refractivity contribution is -0.297. The standard InChI is InChI=1S/C12H13NO3/c1-2-9-4-3-5-10(8-9)13-11(14)6-7-12(15)16/h3-8H,2H2,1H3,(H,13,14)(H,15,16)/p-1/b7-6+. The van der Waals surface area contributed by atoms with Gasteiger partial charge in [0, 0.05) is 11.8 Å². The molecule has 0 aliphatic heterocycles. The zero-order valence-corrected chi connectivity index (χ0v) is 8.90. The van der Waals surface area contributed by atoms with Crippen LogP contribution < -0.4 is 10.4 Å². The maximum absolute atomic E-state index is 11.2. The van der Waals surface area contributed by atoms with Gasteiger partial charge < -0.3 is 15.2 Å². The molecule has 1 rings (SSSR count). The molecular weight excluding hydrogens is 206 g/mol. The van der Waals surface area contributed by atoms with Crippen molar-refractivity contribution in [1.29, 1.82) is 0 Å². The summed E-state index contributed by atoms with van der Waals surface area (Å²) in [4.78, 5) is 21.3. The van der Waals surface area contributed by atoms with Crippen LogP contribution in [0.25, 0.3) is 0 Å². The Morgan fingerprint density at radius 3 is 2.75 bits per heavy atom. The van der Waals surface area contributed by atoms with Crippen LogP contribution in [0.2, 0.25) is 0 Å². The number of carbonyl (C=O) groups excluding carboxylic acids is 2. The zero-order chi connectivity index (χ0) is 12.0.